The van der Waals surface area contributed by atoms with Crippen LogP contribution in [0.25, 0.3) is 0 Å². The van der Waals surface area contributed by atoms with Crippen molar-refractivity contribution in [2.75, 3.05) is 45.5 Å². The second-order valence-electron chi connectivity index (χ2n) is 31.1. The summed E-state index contributed by atoms with van der Waals surface area (Å²) in [7, 11) is -3.22. The van der Waals surface area contributed by atoms with Crippen LogP contribution in [0.5, 0.6) is 0 Å². The van der Waals surface area contributed by atoms with Crippen LogP contribution in [0, 0.1) is 99.0 Å². The quantitative estimate of drug-likeness (QED) is 0.133. The van der Waals surface area contributed by atoms with Gasteiger partial charge in [0.15, 0.2) is 0 Å². The molecular formula is C72H96FN5O9S. The minimum atomic E-state index is -3.22. The Kier molecular flexibility index (Phi) is 16.7. The average Bonchev–Trinajstić information content (AvgIpc) is 0.717. The molecule has 12 bridgehead atoms. The van der Waals surface area contributed by atoms with Crippen LogP contribution in [-0.4, -0.2) is 122 Å². The van der Waals surface area contributed by atoms with Crippen molar-refractivity contribution in [3.05, 3.63) is 107 Å². The Labute approximate surface area is 521 Å². The first-order valence-electron chi connectivity index (χ1n) is 33.7. The highest BCUT2D eigenvalue weighted by Crippen LogP contribution is 2.70. The van der Waals surface area contributed by atoms with Crippen LogP contribution in [0.1, 0.15) is 147 Å². The molecule has 4 amide bonds. The molecule has 15 aliphatic rings. The maximum absolute atomic E-state index is 13.7. The molecule has 12 saturated carbocycles. The molecule has 2 unspecified atom stereocenters. The number of likely N-dealkylation sites (tertiary alicyclic amines) is 3. The van der Waals surface area contributed by atoms with Crippen molar-refractivity contribution in [3.8, 4) is 0 Å². The number of alkyl carbamates (subject to hydrolysis) is 1. The normalized spacial score (nSPS) is 38.0. The Hall–Kier alpha value is -5.19. The summed E-state index contributed by atoms with van der Waals surface area (Å²) in [6.07, 6.45) is 18.3. The molecule has 88 heavy (non-hydrogen) atoms. The molecule has 3 aromatic carbocycles. The van der Waals surface area contributed by atoms with E-state index in [4.69, 9.17) is 4.74 Å². The van der Waals surface area contributed by atoms with Crippen molar-refractivity contribution in [2.45, 2.75) is 167 Å². The van der Waals surface area contributed by atoms with Crippen molar-refractivity contribution in [2.24, 2.45) is 93.2 Å². The molecule has 3 aromatic rings. The Morgan fingerprint density at radius 1 is 0.591 bits per heavy atom. The number of carbonyl (C=O) groups excluding carboxylic acids is 5. The minimum Gasteiger partial charge on any atom is -0.445 e. The second kappa shape index (κ2) is 23.8. The molecular weight excluding hydrogens is 1130 g/mol. The molecule has 0 radical (unpaired) electrons. The Morgan fingerprint density at radius 3 is 1.56 bits per heavy atom. The molecule has 3 N–H and O–H groups in total. The Bertz CT molecular complexity index is 3120. The fraction of sp³-hybridized carbons (Fsp3) is 0.681. The molecule has 3 heterocycles. The van der Waals surface area contributed by atoms with Gasteiger partial charge in [0, 0.05) is 69.4 Å². The number of benzene rings is 3. The predicted octanol–water partition coefficient (Wildman–Crippen LogP) is 10.4. The zero-order chi connectivity index (χ0) is 61.7. The van der Waals surface area contributed by atoms with Gasteiger partial charge in [-0.25, -0.2) is 22.3 Å². The number of nitrogens with one attached hydrogen (secondary N) is 2. The number of sulfonamides is 1. The maximum Gasteiger partial charge on any atom is 0.407 e. The lowest BCUT2D eigenvalue weighted by Crippen LogP contribution is -2.63. The van der Waals surface area contributed by atoms with Crippen LogP contribution in [0.4, 0.5) is 9.18 Å². The van der Waals surface area contributed by atoms with Gasteiger partial charge >= 0.3 is 6.09 Å². The number of hydrogen-bond acceptors (Lipinski definition) is 9. The smallest absolute Gasteiger partial charge is 0.407 e. The molecule has 3 aliphatic heterocycles. The first kappa shape index (κ1) is 61.7. The van der Waals surface area contributed by atoms with Gasteiger partial charge in [-0.05, 0) is 213 Å². The summed E-state index contributed by atoms with van der Waals surface area (Å²) in [5, 5.41) is 12.5. The van der Waals surface area contributed by atoms with Gasteiger partial charge in [0.1, 0.15) is 18.2 Å². The average molecular weight is 1230 g/mol. The summed E-state index contributed by atoms with van der Waals surface area (Å²) in [5.74, 6) is 9.71. The molecule has 15 fully saturated rings. The van der Waals surface area contributed by atoms with E-state index in [1.54, 1.807) is 11.8 Å². The molecule has 16 heteroatoms. The van der Waals surface area contributed by atoms with Gasteiger partial charge in [0.25, 0.3) is 0 Å². The summed E-state index contributed by atoms with van der Waals surface area (Å²) in [6, 6.07) is 27.0. The summed E-state index contributed by atoms with van der Waals surface area (Å²) in [6.45, 7) is 12.3. The van der Waals surface area contributed by atoms with E-state index in [1.807, 2.05) is 52.3 Å². The maximum atomic E-state index is 13.7. The van der Waals surface area contributed by atoms with Crippen LogP contribution >= 0.6 is 0 Å². The second-order valence-corrected chi connectivity index (χ2v) is 32.9. The molecule has 18 rings (SSSR count). The number of carbonyl (C=O) groups is 5. The zero-order valence-electron chi connectivity index (χ0n) is 52.6. The Balaban J connectivity index is 0.000000122. The Morgan fingerprint density at radius 2 is 1.06 bits per heavy atom. The number of hydrogen-bond donors (Lipinski definition) is 3. The number of ketones is 1. The van der Waals surface area contributed by atoms with Crippen LogP contribution in [0.15, 0.2) is 84.9 Å². The lowest BCUT2D eigenvalue weighted by atomic mass is 9.38. The van der Waals surface area contributed by atoms with Gasteiger partial charge in [-0.3, -0.25) is 19.2 Å². The van der Waals surface area contributed by atoms with E-state index in [1.165, 1.54) is 75.3 Å². The highest BCUT2D eigenvalue weighted by atomic mass is 32.2. The van der Waals surface area contributed by atoms with E-state index in [9.17, 15) is 41.9 Å². The number of amides is 4. The fourth-order valence-corrected chi connectivity index (χ4v) is 22.3. The highest BCUT2D eigenvalue weighted by molar-refractivity contribution is 7.88. The molecule has 2 atom stereocenters. The lowest BCUT2D eigenvalue weighted by molar-refractivity contribution is -0.162. The van der Waals surface area contributed by atoms with Gasteiger partial charge in [0.05, 0.1) is 24.4 Å². The number of Topliss-reactive ketones (excluding diaryl/α,β-unsaturated/α-hetero) is 1. The van der Waals surface area contributed by atoms with Gasteiger partial charge in [-0.2, -0.15) is 0 Å². The summed E-state index contributed by atoms with van der Waals surface area (Å²) >= 11 is 0. The molecule has 0 spiro atoms. The van der Waals surface area contributed by atoms with Crippen molar-refractivity contribution < 1.29 is 46.6 Å². The van der Waals surface area contributed by atoms with Gasteiger partial charge < -0.3 is 29.9 Å². The minimum absolute atomic E-state index is 0.00405. The number of aliphatic hydroxyl groups is 1. The number of rotatable bonds is 15. The van der Waals surface area contributed by atoms with Crippen molar-refractivity contribution in [1.82, 2.24) is 24.7 Å². The first-order chi connectivity index (χ1) is 42.0. The first-order valence-corrected chi connectivity index (χ1v) is 35.6. The zero-order valence-corrected chi connectivity index (χ0v) is 53.4. The van der Waals surface area contributed by atoms with Crippen LogP contribution in [-0.2, 0) is 52.4 Å². The largest absolute Gasteiger partial charge is 0.445 e. The highest BCUT2D eigenvalue weighted by Gasteiger charge is 2.65. The van der Waals surface area contributed by atoms with Crippen LogP contribution in [0.3, 0.4) is 0 Å². The third-order valence-corrected chi connectivity index (χ3v) is 27.1. The monoisotopic (exact) mass is 1230 g/mol. The summed E-state index contributed by atoms with van der Waals surface area (Å²) < 4.78 is 44.5. The van der Waals surface area contributed by atoms with Crippen molar-refractivity contribution >= 4 is 39.6 Å². The number of β-amino-alcohol motifs (C(OH)–C–C–N with tert-alkyl or cyclic N) is 1. The van der Waals surface area contributed by atoms with Crippen LogP contribution < -0.4 is 10.0 Å². The molecule has 14 nitrogen and oxygen atoms in total. The van der Waals surface area contributed by atoms with E-state index in [0.717, 1.165) is 97.0 Å². The van der Waals surface area contributed by atoms with E-state index in [2.05, 4.69) is 61.1 Å². The summed E-state index contributed by atoms with van der Waals surface area (Å²) in [4.78, 5) is 69.5. The lowest BCUT2D eigenvalue weighted by Gasteiger charge is -2.65. The number of halogens is 1. The number of aliphatic hydroxyl groups excluding tert-OH is 1. The number of ether oxygens (including phenoxy) is 1. The van der Waals surface area contributed by atoms with E-state index in [0.29, 0.717) is 82.1 Å². The summed E-state index contributed by atoms with van der Waals surface area (Å²) in [5.41, 5.74) is 3.09. The topological polar surface area (TPSA) is 183 Å². The number of nitrogens with zero attached hydrogens (tertiary/aromatic N) is 3. The third kappa shape index (κ3) is 11.7. The van der Waals surface area contributed by atoms with Crippen molar-refractivity contribution in [3.63, 3.8) is 0 Å². The van der Waals surface area contributed by atoms with Crippen LogP contribution in [0.2, 0.25) is 0 Å². The van der Waals surface area contributed by atoms with Gasteiger partial charge in [-0.15, -0.1) is 0 Å². The SMILES string of the molecule is CC(=O)C12CC3CC(C1)C(CC(=O)N1CC(O)C1)(c1ccc(F)cc1)C(C3)C2.CC1C2CC3CC1CC(C2)C3(C)CC(=O)N1CC(NC(=O)OCc2ccccc2)C1.CC1C2CC3CC1CC(C2)C3(CC(=O)N1CC(NS(C)(=O)=O)C1)Cc1ccccc1. The van der Waals surface area contributed by atoms with E-state index >= 15 is 0 Å². The van der Waals surface area contributed by atoms with E-state index in [-0.39, 0.29) is 75.7 Å². The van der Waals surface area contributed by atoms with Gasteiger partial charge in [-0.1, -0.05) is 93.6 Å². The van der Waals surface area contributed by atoms with E-state index < -0.39 is 22.2 Å². The van der Waals surface area contributed by atoms with Gasteiger partial charge in [0.2, 0.25) is 27.7 Å². The molecule has 476 valence electrons. The third-order valence-electron chi connectivity index (χ3n) is 26.4. The fourth-order valence-electron chi connectivity index (χ4n) is 21.5. The molecule has 3 saturated heterocycles. The van der Waals surface area contributed by atoms with Crippen molar-refractivity contribution in [1.29, 1.82) is 0 Å². The molecule has 12 aliphatic carbocycles. The standard InChI is InChI=1S/C25H34N2O3.C24H34N2O3S.C23H28FNO3/c1-16-18-8-20-10-19(16)11-21(9-18)25(20,2)12-23(28)27-13-22(14-27)26-24(29)30-15-17-6-4-3-5-7-17;1-16-18-8-20-10-19(16)11-21(9-18)24(20,12-17-6-4-3-5-7-17)13-23(27)26-14-22(15-26)25-30(2,28)29;1-14(26)22-8-15-6-17(9-22)23(18(7-15)10-22,16-2-4-19(24)5-3-16)11-21(28)25-12-20(27)13-25/h3-7,16,18-22H,8-15H2,1-2H3,(H,26,29);3-7,16,18-22,25H,8-15H2,1-2H3;2-5,15,17-18,20,27H,6-13H2,1H3. The molecule has 0 aromatic heterocycles. The predicted molar refractivity (Wildman–Crippen MR) is 334 cm³/mol.